The summed E-state index contributed by atoms with van der Waals surface area (Å²) in [7, 11) is -5.01. The molecule has 0 saturated heterocycles. The summed E-state index contributed by atoms with van der Waals surface area (Å²) in [4.78, 5) is 4.94. The first-order chi connectivity index (χ1) is 41.5. The predicted octanol–water partition coefficient (Wildman–Crippen LogP) is 14.8. The summed E-state index contributed by atoms with van der Waals surface area (Å²) in [5.74, 6) is 2.33. The van der Waals surface area contributed by atoms with Crippen LogP contribution in [0.2, 0.25) is 13.1 Å². The standard InChI is InChI=1S/C78H64N4OSi2/c1-78(2,3)58-48-49-79-76(52-58)82-72-43-19-18-40-70(72)71-47-46-61(54-75(71)82)83-60-29-24-28-59(53-60)80-55-81(74-45-21-20-44-73(74)80)77-68(56-26-22-38-66(50-56)84(4,5)62-30-10-6-11-31-62)41-25-42-69(77)57-27-23-39-67(51-57)85(63-32-12-7-13-33-63,64-34-14-8-15-35-64)65-36-16-9-17-37-65/h6-54H,1-5H3. The van der Waals surface area contributed by atoms with Crippen LogP contribution in [-0.2, 0) is 5.41 Å². The Labute approximate surface area is 500 Å². The van der Waals surface area contributed by atoms with Crippen LogP contribution in [0.1, 0.15) is 26.3 Å². The first kappa shape index (κ1) is 53.1. The Hall–Kier alpha value is -9.93. The van der Waals surface area contributed by atoms with Gasteiger partial charge in [-0.1, -0.05) is 281 Å². The quantitative estimate of drug-likeness (QED) is 0.0499. The highest BCUT2D eigenvalue weighted by atomic mass is 28.3. The zero-order chi connectivity index (χ0) is 57.7. The lowest BCUT2D eigenvalue weighted by molar-refractivity contribution is -0.571. The molecule has 0 radical (unpaired) electrons. The number of nitrogens with zero attached hydrogens (tertiary/aromatic N) is 4. The molecule has 5 nitrogen and oxygen atoms in total. The number of hydrogen-bond acceptors (Lipinski definition) is 2. The summed E-state index contributed by atoms with van der Waals surface area (Å²) in [6.45, 7) is 11.7. The first-order valence-corrected chi connectivity index (χ1v) is 34.3. The molecule has 0 saturated carbocycles. The van der Waals surface area contributed by atoms with Gasteiger partial charge in [-0.15, -0.1) is 0 Å². The molecule has 0 aliphatic rings. The lowest BCUT2D eigenvalue weighted by atomic mass is 9.88. The molecule has 85 heavy (non-hydrogen) atoms. The van der Waals surface area contributed by atoms with Crippen LogP contribution >= 0.6 is 0 Å². The number of ether oxygens (including phenoxy) is 1. The first-order valence-electron chi connectivity index (χ1n) is 29.3. The zero-order valence-corrected chi connectivity index (χ0v) is 50.5. The van der Waals surface area contributed by atoms with Gasteiger partial charge < -0.3 is 4.74 Å². The molecule has 14 aromatic rings. The molecule has 0 bridgehead atoms. The van der Waals surface area contributed by atoms with Gasteiger partial charge in [-0.3, -0.25) is 13.7 Å². The third-order valence-corrected chi connectivity index (χ3v) is 25.5. The Morgan fingerprint density at radius 3 is 1.59 bits per heavy atom. The number of hydrogen-bond donors (Lipinski definition) is 0. The number of pyridine rings is 1. The van der Waals surface area contributed by atoms with E-state index in [0.717, 1.165) is 72.6 Å². The Morgan fingerprint density at radius 2 is 0.941 bits per heavy atom. The molecule has 0 aliphatic carbocycles. The molecule has 3 heterocycles. The fraction of sp³-hybridized carbons (Fsp3) is 0.0769. The molecule has 0 unspecified atom stereocenters. The Morgan fingerprint density at radius 1 is 0.424 bits per heavy atom. The van der Waals surface area contributed by atoms with Crippen molar-refractivity contribution < 1.29 is 9.30 Å². The number of fused-ring (bicyclic) bond motifs is 4. The highest BCUT2D eigenvalue weighted by Gasteiger charge is 2.41. The van der Waals surface area contributed by atoms with Gasteiger partial charge in [0.05, 0.1) is 33.4 Å². The summed E-state index contributed by atoms with van der Waals surface area (Å²) in [6, 6.07) is 107. The van der Waals surface area contributed by atoms with Gasteiger partial charge in [0.25, 0.3) is 6.33 Å². The minimum absolute atomic E-state index is 0.0359. The van der Waals surface area contributed by atoms with Crippen LogP contribution in [0.25, 0.3) is 72.3 Å². The van der Waals surface area contributed by atoms with Crippen LogP contribution < -0.4 is 40.4 Å². The van der Waals surface area contributed by atoms with E-state index in [9.17, 15) is 0 Å². The van der Waals surface area contributed by atoms with Gasteiger partial charge in [-0.2, -0.15) is 0 Å². The van der Waals surface area contributed by atoms with Crippen molar-refractivity contribution in [3.8, 4) is 50.9 Å². The second-order valence-electron chi connectivity index (χ2n) is 23.7. The van der Waals surface area contributed by atoms with Gasteiger partial charge in [0.1, 0.15) is 25.4 Å². The number of aromatic nitrogens is 4. The molecule has 11 aromatic carbocycles. The van der Waals surface area contributed by atoms with Crippen molar-refractivity contribution in [3.05, 3.63) is 309 Å². The fourth-order valence-corrected chi connectivity index (χ4v) is 20.0. The van der Waals surface area contributed by atoms with Gasteiger partial charge >= 0.3 is 0 Å². The maximum atomic E-state index is 6.91. The number of benzene rings is 11. The van der Waals surface area contributed by atoms with Gasteiger partial charge in [0.15, 0.2) is 8.07 Å². The lowest BCUT2D eigenvalue weighted by Crippen LogP contribution is -2.74. The molecule has 0 N–H and O–H groups in total. The highest BCUT2D eigenvalue weighted by Crippen LogP contribution is 2.38. The summed E-state index contributed by atoms with van der Waals surface area (Å²) >= 11 is 0. The summed E-state index contributed by atoms with van der Waals surface area (Å²) in [5, 5.41) is 10.4. The van der Waals surface area contributed by atoms with Crippen molar-refractivity contribution in [3.63, 3.8) is 0 Å². The van der Waals surface area contributed by atoms with Crippen LogP contribution in [0.3, 0.4) is 0 Å². The molecule has 0 atom stereocenters. The second-order valence-corrected chi connectivity index (χ2v) is 32.0. The minimum atomic E-state index is -2.90. The summed E-state index contributed by atoms with van der Waals surface area (Å²) < 4.78 is 13.7. The van der Waals surface area contributed by atoms with Gasteiger partial charge in [-0.05, 0) is 103 Å². The van der Waals surface area contributed by atoms with Crippen molar-refractivity contribution in [2.75, 3.05) is 0 Å². The Balaban J connectivity index is 0.937. The van der Waals surface area contributed by atoms with E-state index >= 15 is 0 Å². The average Bonchev–Trinajstić information content (AvgIpc) is 1.96. The minimum Gasteiger partial charge on any atom is -0.458 e. The van der Waals surface area contributed by atoms with Crippen molar-refractivity contribution in [1.29, 1.82) is 0 Å². The highest BCUT2D eigenvalue weighted by molar-refractivity contribution is 7.20. The van der Waals surface area contributed by atoms with Crippen molar-refractivity contribution >= 4 is 80.1 Å². The maximum absolute atomic E-state index is 6.91. The molecule has 410 valence electrons. The van der Waals surface area contributed by atoms with Gasteiger partial charge in [0.2, 0.25) is 0 Å². The molecule has 0 amide bonds. The zero-order valence-electron chi connectivity index (χ0n) is 48.5. The van der Waals surface area contributed by atoms with Crippen LogP contribution in [0.15, 0.2) is 297 Å². The number of para-hydroxylation sites is 4. The Bertz CT molecular complexity index is 4660. The van der Waals surface area contributed by atoms with E-state index in [4.69, 9.17) is 9.72 Å². The van der Waals surface area contributed by atoms with Crippen LogP contribution in [-0.4, -0.2) is 30.3 Å². The molecule has 0 aliphatic heterocycles. The van der Waals surface area contributed by atoms with Crippen LogP contribution in [0.4, 0.5) is 0 Å². The molecule has 0 spiro atoms. The van der Waals surface area contributed by atoms with E-state index in [0.29, 0.717) is 5.75 Å². The normalized spacial score (nSPS) is 12.1. The average molecular weight is 1130 g/mol. The van der Waals surface area contributed by atoms with E-state index in [2.05, 4.69) is 339 Å². The summed E-state index contributed by atoms with van der Waals surface area (Å²) in [6.07, 6.45) is 5.92. The van der Waals surface area contributed by atoms with Crippen LogP contribution in [0, 0.1) is 6.33 Å². The molecular formula is C78H64N4OSi2. The SMILES string of the molecule is CC(C)(C)c1ccnc(-n2c3ccccc3c3ccc(Oc4cccc(-n5[c-][n+](-c6c(-c7cccc([Si](C)(C)c8ccccc8)c7)cccc6-c6cccc([Si](c7ccccc7)(c7ccccc7)c7ccccc7)c6)c6ccccc65)c4)cc32)c1. The molecular weight excluding hydrogens is 1070 g/mol. The molecule has 3 aromatic heterocycles. The van der Waals surface area contributed by atoms with Gasteiger partial charge in [0, 0.05) is 23.0 Å². The molecule has 7 heteroatoms. The smallest absolute Gasteiger partial charge is 0.269 e. The van der Waals surface area contributed by atoms with Gasteiger partial charge in [-0.25, -0.2) is 4.98 Å². The Kier molecular flexibility index (Phi) is 13.5. The molecule has 0 fully saturated rings. The van der Waals surface area contributed by atoms with E-state index < -0.39 is 16.1 Å². The monoisotopic (exact) mass is 1130 g/mol. The van der Waals surface area contributed by atoms with E-state index in [1.165, 1.54) is 42.1 Å². The summed E-state index contributed by atoms with van der Waals surface area (Å²) in [5.41, 5.74) is 11.9. The third kappa shape index (κ3) is 9.52. The fourth-order valence-electron chi connectivity index (χ4n) is 12.8. The largest absolute Gasteiger partial charge is 0.458 e. The lowest BCUT2D eigenvalue weighted by Gasteiger charge is -2.34. The van der Waals surface area contributed by atoms with E-state index in [1.54, 1.807) is 0 Å². The van der Waals surface area contributed by atoms with E-state index in [1.807, 2.05) is 12.3 Å². The third-order valence-electron chi connectivity index (χ3n) is 17.2. The van der Waals surface area contributed by atoms with Crippen LogP contribution in [0.5, 0.6) is 11.5 Å². The molecule has 14 rings (SSSR count). The van der Waals surface area contributed by atoms with Crippen molar-refractivity contribution in [1.82, 2.24) is 14.1 Å². The second kappa shape index (κ2) is 21.7. The van der Waals surface area contributed by atoms with Crippen molar-refractivity contribution in [2.45, 2.75) is 39.3 Å². The number of rotatable bonds is 13. The van der Waals surface area contributed by atoms with E-state index in [-0.39, 0.29) is 5.41 Å². The van der Waals surface area contributed by atoms with Crippen molar-refractivity contribution in [2.24, 2.45) is 0 Å². The topological polar surface area (TPSA) is 35.9 Å². The maximum Gasteiger partial charge on any atom is 0.269 e. The predicted molar refractivity (Wildman–Crippen MR) is 359 cm³/mol. The number of imidazole rings is 1.